The van der Waals surface area contributed by atoms with Gasteiger partial charge >= 0.3 is 5.97 Å². The van der Waals surface area contributed by atoms with Crippen LogP contribution in [0.5, 0.6) is 0 Å². The molecule has 0 aliphatic carbocycles. The average Bonchev–Trinajstić information content (AvgIpc) is 2.45. The topological polar surface area (TPSA) is 81.2 Å². The van der Waals surface area contributed by atoms with Gasteiger partial charge < -0.3 is 4.74 Å². The molecule has 0 saturated heterocycles. The van der Waals surface area contributed by atoms with Crippen LogP contribution in [0.3, 0.4) is 0 Å². The first-order valence-electron chi connectivity index (χ1n) is 7.04. The number of H-pyrrole nitrogens is 1. The molecule has 1 N–H and O–H groups in total. The molecule has 1 heterocycles. The van der Waals surface area contributed by atoms with Crippen LogP contribution < -0.4 is 5.56 Å². The molecule has 0 atom stereocenters. The van der Waals surface area contributed by atoms with Crippen LogP contribution in [0.2, 0.25) is 0 Å². The van der Waals surface area contributed by atoms with Gasteiger partial charge in [-0.05, 0) is 31.5 Å². The summed E-state index contributed by atoms with van der Waals surface area (Å²) in [6, 6.07) is 0. The van der Waals surface area contributed by atoms with Crippen LogP contribution in [-0.2, 0) is 9.53 Å². The zero-order valence-corrected chi connectivity index (χ0v) is 13.4. The molecule has 0 fully saturated rings. The molecule has 0 spiro atoms. The number of halogens is 1. The van der Waals surface area contributed by atoms with Crippen molar-refractivity contribution in [2.45, 2.75) is 39.5 Å². The third-order valence-electron chi connectivity index (χ3n) is 2.92. The van der Waals surface area contributed by atoms with Gasteiger partial charge in [0.15, 0.2) is 4.77 Å². The Balaban J connectivity index is 2.36. The quantitative estimate of drug-likeness (QED) is 0.472. The molecule has 1 aromatic rings. The number of unbranched alkanes of at least 4 members (excludes halogenated alkanes) is 2. The highest BCUT2D eigenvalue weighted by Gasteiger charge is 2.10. The van der Waals surface area contributed by atoms with Gasteiger partial charge in [-0.15, -0.1) is 0 Å². The van der Waals surface area contributed by atoms with Gasteiger partial charge in [0.25, 0.3) is 5.56 Å². The predicted octanol–water partition coefficient (Wildman–Crippen LogP) is 2.44. The number of aromatic amines is 1. The second kappa shape index (κ2) is 8.57. The molecular weight excluding hydrogens is 311 g/mol. The summed E-state index contributed by atoms with van der Waals surface area (Å²) in [6.07, 6.45) is 2.86. The van der Waals surface area contributed by atoms with Crippen LogP contribution in [0, 0.1) is 16.5 Å². The maximum Gasteiger partial charge on any atom is 0.308 e. The molecule has 0 radical (unpaired) electrons. The van der Waals surface area contributed by atoms with Gasteiger partial charge in [0.2, 0.25) is 11.7 Å². The zero-order chi connectivity index (χ0) is 16.7. The average molecular weight is 330 g/mol. The summed E-state index contributed by atoms with van der Waals surface area (Å²) in [6.45, 7) is 3.83. The SMILES string of the molecule is CC(C)C(=O)OCCCCCC(=O)n1cc(F)c(=O)[nH]c1=S. The number of aromatic nitrogens is 2. The largest absolute Gasteiger partial charge is 0.465 e. The molecule has 0 unspecified atom stereocenters. The minimum Gasteiger partial charge on any atom is -0.465 e. The first-order valence-corrected chi connectivity index (χ1v) is 7.45. The van der Waals surface area contributed by atoms with Crippen LogP contribution in [0.15, 0.2) is 11.0 Å². The van der Waals surface area contributed by atoms with E-state index in [2.05, 4.69) is 4.98 Å². The van der Waals surface area contributed by atoms with Crippen molar-refractivity contribution in [2.24, 2.45) is 5.92 Å². The number of ether oxygens (including phenoxy) is 1. The Kier molecular flexibility index (Phi) is 7.10. The van der Waals surface area contributed by atoms with Crippen LogP contribution in [0.4, 0.5) is 4.39 Å². The summed E-state index contributed by atoms with van der Waals surface area (Å²) in [5.74, 6) is -1.84. The van der Waals surface area contributed by atoms with Gasteiger partial charge in [0.1, 0.15) is 0 Å². The van der Waals surface area contributed by atoms with Crippen LogP contribution in [0.25, 0.3) is 0 Å². The molecule has 22 heavy (non-hydrogen) atoms. The molecule has 6 nitrogen and oxygen atoms in total. The van der Waals surface area contributed by atoms with E-state index in [1.165, 1.54) is 0 Å². The van der Waals surface area contributed by atoms with E-state index >= 15 is 0 Å². The fourth-order valence-corrected chi connectivity index (χ4v) is 1.90. The molecule has 0 aliphatic rings. The Morgan fingerprint density at radius 3 is 2.68 bits per heavy atom. The number of rotatable bonds is 7. The monoisotopic (exact) mass is 330 g/mol. The number of esters is 1. The standard InChI is InChI=1S/C14H19FN2O4S/c1-9(2)13(20)21-7-5-3-4-6-11(18)17-8-10(15)12(19)16-14(17)22/h8-9H,3-7H2,1-2H3,(H,16,19,22). The summed E-state index contributed by atoms with van der Waals surface area (Å²) >= 11 is 4.81. The minimum absolute atomic E-state index is 0.123. The fourth-order valence-electron chi connectivity index (χ4n) is 1.65. The van der Waals surface area contributed by atoms with E-state index in [9.17, 15) is 18.8 Å². The molecule has 0 aromatic carbocycles. The van der Waals surface area contributed by atoms with Gasteiger partial charge in [-0.2, -0.15) is 4.39 Å². The molecule has 1 rings (SSSR count). The fraction of sp³-hybridized carbons (Fsp3) is 0.571. The maximum absolute atomic E-state index is 13.1. The Bertz CT molecular complexity index is 651. The number of nitrogens with one attached hydrogen (secondary N) is 1. The second-order valence-corrected chi connectivity index (χ2v) is 5.52. The number of carbonyl (C=O) groups is 2. The van der Waals surface area contributed by atoms with Crippen LogP contribution in [-0.4, -0.2) is 28.0 Å². The minimum atomic E-state index is -1.05. The van der Waals surface area contributed by atoms with Crippen molar-refractivity contribution in [1.29, 1.82) is 0 Å². The highest BCUT2D eigenvalue weighted by molar-refractivity contribution is 7.71. The third-order valence-corrected chi connectivity index (χ3v) is 3.22. The lowest BCUT2D eigenvalue weighted by atomic mass is 10.2. The molecule has 122 valence electrons. The van der Waals surface area contributed by atoms with Gasteiger partial charge in [-0.3, -0.25) is 23.9 Å². The van der Waals surface area contributed by atoms with Crippen molar-refractivity contribution in [3.8, 4) is 0 Å². The highest BCUT2D eigenvalue weighted by Crippen LogP contribution is 2.05. The van der Waals surface area contributed by atoms with E-state index in [0.29, 0.717) is 25.9 Å². The molecule has 0 saturated carbocycles. The lowest BCUT2D eigenvalue weighted by Gasteiger charge is -2.07. The highest BCUT2D eigenvalue weighted by atomic mass is 32.1. The van der Waals surface area contributed by atoms with Crippen molar-refractivity contribution < 1.29 is 18.7 Å². The smallest absolute Gasteiger partial charge is 0.308 e. The van der Waals surface area contributed by atoms with Gasteiger partial charge in [-0.1, -0.05) is 13.8 Å². The zero-order valence-electron chi connectivity index (χ0n) is 12.6. The van der Waals surface area contributed by atoms with Crippen LogP contribution in [0.1, 0.15) is 44.3 Å². The van der Waals surface area contributed by atoms with E-state index < -0.39 is 11.4 Å². The Labute approximate surface area is 132 Å². The Hall–Kier alpha value is -1.83. The third kappa shape index (κ3) is 5.51. The van der Waals surface area contributed by atoms with E-state index in [0.717, 1.165) is 10.8 Å². The van der Waals surface area contributed by atoms with E-state index in [1.807, 2.05) is 0 Å². The van der Waals surface area contributed by atoms with E-state index in [1.54, 1.807) is 13.8 Å². The molecule has 8 heteroatoms. The van der Waals surface area contributed by atoms with E-state index in [4.69, 9.17) is 17.0 Å². The van der Waals surface area contributed by atoms with E-state index in [-0.39, 0.29) is 29.0 Å². The van der Waals surface area contributed by atoms with Gasteiger partial charge in [0.05, 0.1) is 18.7 Å². The molecule has 0 aliphatic heterocycles. The van der Waals surface area contributed by atoms with Gasteiger partial charge in [0, 0.05) is 6.42 Å². The second-order valence-electron chi connectivity index (χ2n) is 5.13. The van der Waals surface area contributed by atoms with Crippen molar-refractivity contribution in [2.75, 3.05) is 6.61 Å². The lowest BCUT2D eigenvalue weighted by Crippen LogP contribution is -2.21. The Morgan fingerprint density at radius 1 is 1.36 bits per heavy atom. The maximum atomic E-state index is 13.1. The van der Waals surface area contributed by atoms with Crippen molar-refractivity contribution >= 4 is 24.1 Å². The normalized spacial score (nSPS) is 10.7. The van der Waals surface area contributed by atoms with Gasteiger partial charge in [-0.25, -0.2) is 0 Å². The molecular formula is C14H19FN2O4S. The Morgan fingerprint density at radius 2 is 2.05 bits per heavy atom. The molecule has 1 aromatic heterocycles. The van der Waals surface area contributed by atoms with Crippen molar-refractivity contribution in [3.63, 3.8) is 0 Å². The van der Waals surface area contributed by atoms with Crippen molar-refractivity contribution in [3.05, 3.63) is 27.1 Å². The predicted molar refractivity (Wildman–Crippen MR) is 80.7 cm³/mol. The number of hydrogen-bond acceptors (Lipinski definition) is 5. The first-order chi connectivity index (χ1) is 10.3. The summed E-state index contributed by atoms with van der Waals surface area (Å²) in [7, 11) is 0. The molecule has 0 bridgehead atoms. The van der Waals surface area contributed by atoms with Crippen LogP contribution >= 0.6 is 12.2 Å². The number of carbonyl (C=O) groups excluding carboxylic acids is 2. The summed E-state index contributed by atoms with van der Waals surface area (Å²) in [4.78, 5) is 36.2. The first kappa shape index (κ1) is 18.2. The number of hydrogen-bond donors (Lipinski definition) is 1. The lowest BCUT2D eigenvalue weighted by molar-refractivity contribution is -0.147. The summed E-state index contributed by atoms with van der Waals surface area (Å²) in [5.41, 5.74) is -0.944. The van der Waals surface area contributed by atoms with Crippen molar-refractivity contribution in [1.82, 2.24) is 9.55 Å². The number of nitrogens with zero attached hydrogens (tertiary/aromatic N) is 1. The summed E-state index contributed by atoms with van der Waals surface area (Å²) in [5, 5.41) is 0. The molecule has 0 amide bonds. The summed E-state index contributed by atoms with van der Waals surface area (Å²) < 4.78 is 18.9.